The Morgan fingerprint density at radius 1 is 1.44 bits per heavy atom. The molecule has 2 rings (SSSR count). The summed E-state index contributed by atoms with van der Waals surface area (Å²) in [5.41, 5.74) is 1.06. The quantitative estimate of drug-likeness (QED) is 0.772. The van der Waals surface area contributed by atoms with Gasteiger partial charge in [-0.15, -0.1) is 11.8 Å². The SMILES string of the molecule is CSc1ccc(C2NCCOC2(C)O)cc1. The number of hydrogen-bond acceptors (Lipinski definition) is 4. The average molecular weight is 239 g/mol. The van der Waals surface area contributed by atoms with Crippen molar-refractivity contribution in [2.75, 3.05) is 19.4 Å². The summed E-state index contributed by atoms with van der Waals surface area (Å²) < 4.78 is 5.38. The second-order valence-electron chi connectivity index (χ2n) is 4.06. The second kappa shape index (κ2) is 4.75. The van der Waals surface area contributed by atoms with Gasteiger partial charge in [0.25, 0.3) is 0 Å². The Balaban J connectivity index is 2.21. The Morgan fingerprint density at radius 2 is 2.12 bits per heavy atom. The van der Waals surface area contributed by atoms with Gasteiger partial charge in [-0.05, 0) is 30.9 Å². The fraction of sp³-hybridized carbons (Fsp3) is 0.500. The highest BCUT2D eigenvalue weighted by Gasteiger charge is 2.36. The fourth-order valence-electron chi connectivity index (χ4n) is 1.96. The van der Waals surface area contributed by atoms with Crippen LogP contribution in [0.2, 0.25) is 0 Å². The van der Waals surface area contributed by atoms with Crippen LogP contribution in [0.1, 0.15) is 18.5 Å². The predicted octanol–water partition coefficient (Wildman–Crippen LogP) is 1.78. The lowest BCUT2D eigenvalue weighted by Crippen LogP contribution is -2.50. The third-order valence-electron chi connectivity index (χ3n) is 2.83. The topological polar surface area (TPSA) is 41.5 Å². The number of ether oxygens (including phenoxy) is 1. The van der Waals surface area contributed by atoms with E-state index in [-0.39, 0.29) is 6.04 Å². The van der Waals surface area contributed by atoms with Crippen molar-refractivity contribution < 1.29 is 9.84 Å². The molecule has 1 heterocycles. The fourth-order valence-corrected chi connectivity index (χ4v) is 2.37. The molecule has 2 atom stereocenters. The normalized spacial score (nSPS) is 30.3. The van der Waals surface area contributed by atoms with E-state index < -0.39 is 5.79 Å². The van der Waals surface area contributed by atoms with Crippen LogP contribution in [0.4, 0.5) is 0 Å². The summed E-state index contributed by atoms with van der Waals surface area (Å²) in [4.78, 5) is 1.22. The molecular weight excluding hydrogens is 222 g/mol. The van der Waals surface area contributed by atoms with Gasteiger partial charge in [-0.3, -0.25) is 0 Å². The molecule has 0 aliphatic carbocycles. The third-order valence-corrected chi connectivity index (χ3v) is 3.57. The zero-order chi connectivity index (χ0) is 11.6. The highest BCUT2D eigenvalue weighted by atomic mass is 32.2. The molecule has 3 nitrogen and oxygen atoms in total. The highest BCUT2D eigenvalue weighted by molar-refractivity contribution is 7.98. The Kier molecular flexibility index (Phi) is 3.54. The van der Waals surface area contributed by atoms with E-state index in [0.717, 1.165) is 12.1 Å². The summed E-state index contributed by atoms with van der Waals surface area (Å²) in [6, 6.07) is 8.04. The van der Waals surface area contributed by atoms with Crippen LogP contribution in [-0.4, -0.2) is 30.3 Å². The first-order valence-corrected chi connectivity index (χ1v) is 6.59. The minimum absolute atomic E-state index is 0.155. The van der Waals surface area contributed by atoms with Crippen LogP contribution in [0, 0.1) is 0 Å². The summed E-state index contributed by atoms with van der Waals surface area (Å²) in [7, 11) is 0. The van der Waals surface area contributed by atoms with E-state index in [1.165, 1.54) is 4.90 Å². The molecule has 1 aromatic carbocycles. The van der Waals surface area contributed by atoms with Crippen LogP contribution in [-0.2, 0) is 4.74 Å². The van der Waals surface area contributed by atoms with Crippen molar-refractivity contribution in [3.05, 3.63) is 29.8 Å². The molecule has 1 fully saturated rings. The molecule has 0 amide bonds. The number of rotatable bonds is 2. The number of benzene rings is 1. The number of aliphatic hydroxyl groups is 1. The lowest BCUT2D eigenvalue weighted by Gasteiger charge is -2.38. The molecular formula is C12H17NO2S. The molecule has 88 valence electrons. The van der Waals surface area contributed by atoms with Gasteiger partial charge in [0.05, 0.1) is 12.6 Å². The van der Waals surface area contributed by atoms with Crippen molar-refractivity contribution in [1.29, 1.82) is 0 Å². The molecule has 16 heavy (non-hydrogen) atoms. The van der Waals surface area contributed by atoms with Gasteiger partial charge in [-0.25, -0.2) is 0 Å². The molecule has 1 aromatic rings. The molecule has 2 unspecified atom stereocenters. The van der Waals surface area contributed by atoms with Crippen LogP contribution in [0.3, 0.4) is 0 Å². The van der Waals surface area contributed by atoms with E-state index in [1.54, 1.807) is 18.7 Å². The largest absolute Gasteiger partial charge is 0.364 e. The monoisotopic (exact) mass is 239 g/mol. The lowest BCUT2D eigenvalue weighted by atomic mass is 9.98. The number of hydrogen-bond donors (Lipinski definition) is 2. The summed E-state index contributed by atoms with van der Waals surface area (Å²) >= 11 is 1.71. The molecule has 0 aromatic heterocycles. The summed E-state index contributed by atoms with van der Waals surface area (Å²) in [5.74, 6) is -1.13. The van der Waals surface area contributed by atoms with E-state index in [9.17, 15) is 5.11 Å². The van der Waals surface area contributed by atoms with Crippen molar-refractivity contribution in [1.82, 2.24) is 5.32 Å². The van der Waals surface area contributed by atoms with E-state index in [1.807, 2.05) is 18.4 Å². The van der Waals surface area contributed by atoms with E-state index in [0.29, 0.717) is 6.61 Å². The minimum atomic E-state index is -1.13. The summed E-state index contributed by atoms with van der Waals surface area (Å²) in [6.07, 6.45) is 2.05. The Labute approximate surface area is 100 Å². The van der Waals surface area contributed by atoms with Crippen molar-refractivity contribution in [2.24, 2.45) is 0 Å². The van der Waals surface area contributed by atoms with Gasteiger partial charge in [0.1, 0.15) is 0 Å². The zero-order valence-corrected chi connectivity index (χ0v) is 10.4. The molecule has 1 saturated heterocycles. The molecule has 0 spiro atoms. The van der Waals surface area contributed by atoms with Gasteiger partial charge in [0.15, 0.2) is 5.79 Å². The Hall–Kier alpha value is -0.550. The van der Waals surface area contributed by atoms with Gasteiger partial charge >= 0.3 is 0 Å². The van der Waals surface area contributed by atoms with E-state index >= 15 is 0 Å². The second-order valence-corrected chi connectivity index (χ2v) is 4.94. The maximum Gasteiger partial charge on any atom is 0.182 e. The molecule has 1 aliphatic heterocycles. The van der Waals surface area contributed by atoms with Crippen molar-refractivity contribution in [2.45, 2.75) is 23.6 Å². The summed E-state index contributed by atoms with van der Waals surface area (Å²) in [5, 5.41) is 13.4. The van der Waals surface area contributed by atoms with Crippen LogP contribution in [0.15, 0.2) is 29.2 Å². The number of thioether (sulfide) groups is 1. The smallest absolute Gasteiger partial charge is 0.182 e. The van der Waals surface area contributed by atoms with Gasteiger partial charge in [-0.2, -0.15) is 0 Å². The first-order chi connectivity index (χ1) is 7.63. The first-order valence-electron chi connectivity index (χ1n) is 5.37. The van der Waals surface area contributed by atoms with Gasteiger partial charge in [0, 0.05) is 11.4 Å². The van der Waals surface area contributed by atoms with Crippen LogP contribution < -0.4 is 5.32 Å². The Bertz CT molecular complexity index is 351. The highest BCUT2D eigenvalue weighted by Crippen LogP contribution is 2.30. The van der Waals surface area contributed by atoms with Crippen molar-refractivity contribution in [3.8, 4) is 0 Å². The maximum atomic E-state index is 10.1. The predicted molar refractivity (Wildman–Crippen MR) is 65.5 cm³/mol. The third kappa shape index (κ3) is 2.40. The molecule has 4 heteroatoms. The van der Waals surface area contributed by atoms with Gasteiger partial charge in [-0.1, -0.05) is 12.1 Å². The molecule has 0 saturated carbocycles. The van der Waals surface area contributed by atoms with Crippen LogP contribution >= 0.6 is 11.8 Å². The zero-order valence-electron chi connectivity index (χ0n) is 9.56. The van der Waals surface area contributed by atoms with Gasteiger partial charge in [0.2, 0.25) is 0 Å². The molecule has 1 aliphatic rings. The Morgan fingerprint density at radius 3 is 2.69 bits per heavy atom. The minimum Gasteiger partial charge on any atom is -0.364 e. The van der Waals surface area contributed by atoms with Crippen molar-refractivity contribution in [3.63, 3.8) is 0 Å². The standard InChI is InChI=1S/C12H17NO2S/c1-12(14)11(13-7-8-15-12)9-3-5-10(16-2)6-4-9/h3-6,11,13-14H,7-8H2,1-2H3. The van der Waals surface area contributed by atoms with E-state index in [2.05, 4.69) is 17.4 Å². The molecule has 2 N–H and O–H groups in total. The lowest BCUT2D eigenvalue weighted by molar-refractivity contribution is -0.227. The first kappa shape index (κ1) is 11.9. The van der Waals surface area contributed by atoms with Gasteiger partial charge < -0.3 is 15.2 Å². The maximum absolute atomic E-state index is 10.1. The van der Waals surface area contributed by atoms with Crippen LogP contribution in [0.25, 0.3) is 0 Å². The van der Waals surface area contributed by atoms with E-state index in [4.69, 9.17) is 4.74 Å². The average Bonchev–Trinajstić information content (AvgIpc) is 2.29. The van der Waals surface area contributed by atoms with Crippen molar-refractivity contribution >= 4 is 11.8 Å². The molecule has 0 bridgehead atoms. The summed E-state index contributed by atoms with van der Waals surface area (Å²) in [6.45, 7) is 3.02. The number of nitrogens with one attached hydrogen (secondary N) is 1. The molecule has 0 radical (unpaired) electrons. The van der Waals surface area contributed by atoms with Crippen LogP contribution in [0.5, 0.6) is 0 Å². The number of morpholine rings is 1.